The zero-order chi connectivity index (χ0) is 15.6. The van der Waals surface area contributed by atoms with Crippen molar-refractivity contribution < 1.29 is 30.7 Å². The highest BCUT2D eigenvalue weighted by Crippen LogP contribution is 2.29. The van der Waals surface area contributed by atoms with E-state index in [-0.39, 0.29) is 10.6 Å². The van der Waals surface area contributed by atoms with Crippen LogP contribution in [0.25, 0.3) is 0 Å². The van der Waals surface area contributed by atoms with Gasteiger partial charge in [-0.2, -0.15) is 8.78 Å². The molecule has 1 aromatic carbocycles. The molecular formula is C10H12F4N2O3S. The number of halogens is 4. The number of sulfonamides is 1. The molecule has 0 aliphatic rings. The van der Waals surface area contributed by atoms with Crippen molar-refractivity contribution in [1.82, 2.24) is 4.72 Å². The number of hydrogen-bond donors (Lipinski definition) is 2. The number of ether oxygens (including phenoxy) is 1. The van der Waals surface area contributed by atoms with Crippen molar-refractivity contribution in [1.29, 1.82) is 0 Å². The van der Waals surface area contributed by atoms with Gasteiger partial charge in [-0.15, -0.1) is 0 Å². The second kappa shape index (κ2) is 5.83. The Bertz CT molecular complexity index is 578. The molecule has 0 aromatic heterocycles. The molecule has 0 aliphatic heterocycles. The van der Waals surface area contributed by atoms with Crippen LogP contribution >= 0.6 is 0 Å². The molecule has 0 spiro atoms. The van der Waals surface area contributed by atoms with Crippen molar-refractivity contribution in [3.8, 4) is 5.75 Å². The summed E-state index contributed by atoms with van der Waals surface area (Å²) in [6.45, 7) is -1.61. The van der Waals surface area contributed by atoms with Gasteiger partial charge in [0.2, 0.25) is 10.0 Å². The van der Waals surface area contributed by atoms with E-state index in [1.165, 1.54) is 0 Å². The second-order valence-electron chi connectivity index (χ2n) is 3.76. The summed E-state index contributed by atoms with van der Waals surface area (Å²) in [6.07, 6.45) is -3.90. The van der Waals surface area contributed by atoms with Crippen LogP contribution in [-0.4, -0.2) is 34.4 Å². The topological polar surface area (TPSA) is 81.4 Å². The van der Waals surface area contributed by atoms with E-state index in [0.29, 0.717) is 0 Å². The van der Waals surface area contributed by atoms with Crippen LogP contribution in [0.5, 0.6) is 5.75 Å². The van der Waals surface area contributed by atoms with Crippen molar-refractivity contribution >= 4 is 15.7 Å². The molecule has 0 aliphatic carbocycles. The maximum atomic E-state index is 12.7. The Hall–Kier alpha value is -1.55. The van der Waals surface area contributed by atoms with E-state index in [0.717, 1.165) is 25.2 Å². The van der Waals surface area contributed by atoms with E-state index < -0.39 is 34.7 Å². The van der Waals surface area contributed by atoms with Crippen LogP contribution in [0, 0.1) is 0 Å². The molecule has 0 saturated heterocycles. The maximum absolute atomic E-state index is 12.7. The highest BCUT2D eigenvalue weighted by atomic mass is 32.2. The summed E-state index contributed by atoms with van der Waals surface area (Å²) in [5.41, 5.74) is 5.26. The number of anilines is 1. The fourth-order valence-corrected chi connectivity index (χ4v) is 1.91. The van der Waals surface area contributed by atoms with Crippen LogP contribution < -0.4 is 15.2 Å². The Kier molecular flexibility index (Phi) is 4.81. The molecule has 3 N–H and O–H groups in total. The van der Waals surface area contributed by atoms with Gasteiger partial charge < -0.3 is 10.5 Å². The first kappa shape index (κ1) is 16.5. The summed E-state index contributed by atoms with van der Waals surface area (Å²) < 4.78 is 78.9. The first-order valence-corrected chi connectivity index (χ1v) is 6.70. The first-order chi connectivity index (χ1) is 9.10. The molecule has 1 aromatic rings. The number of rotatable bonds is 6. The molecule has 0 saturated carbocycles. The standard InChI is InChI=1S/C10H12F4N2O3S/c1-16-20(17,18)6-2-3-7(15)8(4-6)19-5-10(13,14)9(11)12/h2-4,9,16H,5,15H2,1H3. The molecule has 0 fully saturated rings. The summed E-state index contributed by atoms with van der Waals surface area (Å²) in [6, 6.07) is 3.11. The van der Waals surface area contributed by atoms with E-state index in [4.69, 9.17) is 5.73 Å². The van der Waals surface area contributed by atoms with Gasteiger partial charge in [-0.25, -0.2) is 21.9 Å². The van der Waals surface area contributed by atoms with E-state index in [1.54, 1.807) is 0 Å². The molecule has 1 rings (SSSR count). The minimum Gasteiger partial charge on any atom is -0.485 e. The van der Waals surface area contributed by atoms with Crippen molar-refractivity contribution in [3.05, 3.63) is 18.2 Å². The molecule has 0 bridgehead atoms. The summed E-state index contributed by atoms with van der Waals surface area (Å²) in [4.78, 5) is -0.287. The average molecular weight is 316 g/mol. The van der Waals surface area contributed by atoms with Gasteiger partial charge in [0.1, 0.15) is 5.75 Å². The maximum Gasteiger partial charge on any atom is 0.340 e. The van der Waals surface area contributed by atoms with Gasteiger partial charge in [0.25, 0.3) is 0 Å². The van der Waals surface area contributed by atoms with Gasteiger partial charge >= 0.3 is 12.3 Å². The van der Waals surface area contributed by atoms with Crippen molar-refractivity contribution in [2.24, 2.45) is 0 Å². The van der Waals surface area contributed by atoms with Crippen LogP contribution in [0.2, 0.25) is 0 Å². The average Bonchev–Trinajstić information content (AvgIpc) is 2.37. The monoisotopic (exact) mass is 316 g/mol. The number of nitrogens with two attached hydrogens (primary N) is 1. The molecule has 5 nitrogen and oxygen atoms in total. The Morgan fingerprint density at radius 3 is 2.50 bits per heavy atom. The zero-order valence-electron chi connectivity index (χ0n) is 10.2. The van der Waals surface area contributed by atoms with E-state index in [9.17, 15) is 26.0 Å². The minimum absolute atomic E-state index is 0.148. The molecular weight excluding hydrogens is 304 g/mol. The van der Waals surface area contributed by atoms with Gasteiger partial charge in [-0.1, -0.05) is 0 Å². The largest absolute Gasteiger partial charge is 0.485 e. The summed E-state index contributed by atoms with van der Waals surface area (Å²) >= 11 is 0. The zero-order valence-corrected chi connectivity index (χ0v) is 11.1. The predicted octanol–water partition coefficient (Wildman–Crippen LogP) is 1.46. The highest BCUT2D eigenvalue weighted by molar-refractivity contribution is 7.89. The van der Waals surface area contributed by atoms with Gasteiger partial charge in [0.05, 0.1) is 10.6 Å². The molecule has 114 valence electrons. The Morgan fingerprint density at radius 2 is 2.00 bits per heavy atom. The lowest BCUT2D eigenvalue weighted by molar-refractivity contribution is -0.148. The molecule has 20 heavy (non-hydrogen) atoms. The fraction of sp³-hybridized carbons (Fsp3) is 0.400. The van der Waals surface area contributed by atoms with Gasteiger partial charge in [-0.05, 0) is 19.2 Å². The smallest absolute Gasteiger partial charge is 0.340 e. The molecule has 10 heteroatoms. The normalized spacial score (nSPS) is 12.7. The Balaban J connectivity index is 3.00. The molecule has 0 atom stereocenters. The number of benzene rings is 1. The van der Waals surface area contributed by atoms with Crippen LogP contribution in [0.4, 0.5) is 23.2 Å². The quantitative estimate of drug-likeness (QED) is 0.615. The summed E-state index contributed by atoms with van der Waals surface area (Å²) in [5.74, 6) is -4.77. The number of nitrogens with one attached hydrogen (secondary N) is 1. The van der Waals surface area contributed by atoms with Crippen molar-refractivity contribution in [2.45, 2.75) is 17.2 Å². The van der Waals surface area contributed by atoms with Gasteiger partial charge in [-0.3, -0.25) is 0 Å². The second-order valence-corrected chi connectivity index (χ2v) is 5.64. The number of nitrogen functional groups attached to an aromatic ring is 1. The third-order valence-corrected chi connectivity index (χ3v) is 3.72. The first-order valence-electron chi connectivity index (χ1n) is 5.22. The number of hydrogen-bond acceptors (Lipinski definition) is 4. The summed E-state index contributed by atoms with van der Waals surface area (Å²) in [5, 5.41) is 0. The van der Waals surface area contributed by atoms with E-state index >= 15 is 0 Å². The van der Waals surface area contributed by atoms with Crippen LogP contribution in [0.15, 0.2) is 23.1 Å². The third-order valence-electron chi connectivity index (χ3n) is 2.30. The van der Waals surface area contributed by atoms with E-state index in [2.05, 4.69) is 4.74 Å². The highest BCUT2D eigenvalue weighted by Gasteiger charge is 2.41. The molecule has 0 amide bonds. The lowest BCUT2D eigenvalue weighted by atomic mass is 10.3. The fourth-order valence-electron chi connectivity index (χ4n) is 1.16. The number of alkyl halides is 4. The van der Waals surface area contributed by atoms with Crippen LogP contribution in [0.1, 0.15) is 0 Å². The van der Waals surface area contributed by atoms with Gasteiger partial charge in [0.15, 0.2) is 6.61 Å². The van der Waals surface area contributed by atoms with Crippen molar-refractivity contribution in [3.63, 3.8) is 0 Å². The van der Waals surface area contributed by atoms with E-state index in [1.807, 2.05) is 4.72 Å². The van der Waals surface area contributed by atoms with Crippen LogP contribution in [-0.2, 0) is 10.0 Å². The van der Waals surface area contributed by atoms with Gasteiger partial charge in [0, 0.05) is 6.07 Å². The SMILES string of the molecule is CNS(=O)(=O)c1ccc(N)c(OCC(F)(F)C(F)F)c1. The molecule has 0 unspecified atom stereocenters. The van der Waals surface area contributed by atoms with Crippen molar-refractivity contribution in [2.75, 3.05) is 19.4 Å². The summed E-state index contributed by atoms with van der Waals surface area (Å²) in [7, 11) is -2.68. The predicted molar refractivity (Wildman–Crippen MR) is 63.5 cm³/mol. The van der Waals surface area contributed by atoms with Crippen LogP contribution in [0.3, 0.4) is 0 Å². The lowest BCUT2D eigenvalue weighted by Crippen LogP contribution is -2.33. The third kappa shape index (κ3) is 3.73. The molecule has 0 radical (unpaired) electrons. The lowest BCUT2D eigenvalue weighted by Gasteiger charge is -2.17. The molecule has 0 heterocycles. The Labute approximate surface area is 112 Å². The minimum atomic E-state index is -4.36. The Morgan fingerprint density at radius 1 is 1.40 bits per heavy atom.